The van der Waals surface area contributed by atoms with Crippen molar-refractivity contribution in [2.45, 2.75) is 51.0 Å². The van der Waals surface area contributed by atoms with Gasteiger partial charge in [0.15, 0.2) is 0 Å². The summed E-state index contributed by atoms with van der Waals surface area (Å²) in [7, 11) is 0. The van der Waals surface area contributed by atoms with E-state index in [1.807, 2.05) is 30.3 Å². The number of rotatable bonds is 5. The number of carbonyl (C=O) groups is 2. The number of benzene rings is 1. The van der Waals surface area contributed by atoms with Gasteiger partial charge in [0, 0.05) is 18.7 Å². The molecule has 2 fully saturated rings. The molecule has 0 bridgehead atoms. The van der Waals surface area contributed by atoms with Crippen molar-refractivity contribution >= 4 is 17.5 Å². The van der Waals surface area contributed by atoms with Crippen LogP contribution in [-0.4, -0.2) is 24.4 Å². The fourth-order valence-electron chi connectivity index (χ4n) is 3.58. The Morgan fingerprint density at radius 1 is 1.14 bits per heavy atom. The fraction of sp³-hybridized carbons (Fsp3) is 0.556. The largest absolute Gasteiger partial charge is 0.344 e. The third-order valence-corrected chi connectivity index (χ3v) is 4.86. The van der Waals surface area contributed by atoms with E-state index in [9.17, 15) is 9.59 Å². The van der Waals surface area contributed by atoms with E-state index in [0.717, 1.165) is 12.1 Å². The van der Waals surface area contributed by atoms with E-state index in [4.69, 9.17) is 0 Å². The van der Waals surface area contributed by atoms with Gasteiger partial charge in [0.05, 0.1) is 0 Å². The van der Waals surface area contributed by atoms with Crippen LogP contribution in [0.2, 0.25) is 0 Å². The van der Waals surface area contributed by atoms with Gasteiger partial charge in [-0.25, -0.2) is 0 Å². The van der Waals surface area contributed by atoms with Crippen LogP contribution >= 0.6 is 0 Å². The van der Waals surface area contributed by atoms with Crippen LogP contribution < -0.4 is 10.2 Å². The van der Waals surface area contributed by atoms with E-state index in [1.54, 1.807) is 4.90 Å². The Morgan fingerprint density at radius 2 is 1.86 bits per heavy atom. The molecule has 1 saturated heterocycles. The zero-order valence-electron chi connectivity index (χ0n) is 13.0. The predicted molar refractivity (Wildman–Crippen MR) is 86.5 cm³/mol. The second-order valence-electron chi connectivity index (χ2n) is 6.42. The minimum atomic E-state index is -0.351. The first-order valence-corrected chi connectivity index (χ1v) is 8.40. The van der Waals surface area contributed by atoms with E-state index in [0.29, 0.717) is 25.3 Å². The molecule has 4 nitrogen and oxygen atoms in total. The molecule has 1 N–H and O–H groups in total. The van der Waals surface area contributed by atoms with Crippen molar-refractivity contribution in [2.24, 2.45) is 5.92 Å². The van der Waals surface area contributed by atoms with Crippen LogP contribution in [0.25, 0.3) is 0 Å². The van der Waals surface area contributed by atoms with Gasteiger partial charge in [-0.1, -0.05) is 43.9 Å². The van der Waals surface area contributed by atoms with Crippen molar-refractivity contribution in [1.82, 2.24) is 5.32 Å². The summed E-state index contributed by atoms with van der Waals surface area (Å²) in [6.45, 7) is 0.677. The number of nitrogens with one attached hydrogen (secondary N) is 1. The van der Waals surface area contributed by atoms with E-state index >= 15 is 0 Å². The van der Waals surface area contributed by atoms with Crippen LogP contribution in [0.5, 0.6) is 0 Å². The predicted octanol–water partition coefficient (Wildman–Crippen LogP) is 2.88. The van der Waals surface area contributed by atoms with Gasteiger partial charge in [-0.2, -0.15) is 0 Å². The Kier molecular flexibility index (Phi) is 4.76. The summed E-state index contributed by atoms with van der Waals surface area (Å²) in [5, 5.41) is 2.92. The summed E-state index contributed by atoms with van der Waals surface area (Å²) in [5.41, 5.74) is 0.912. The molecule has 1 heterocycles. The first-order chi connectivity index (χ1) is 10.7. The standard InChI is InChI=1S/C18H24N2O2/c21-17(11-10-14-6-4-5-7-14)19-16-12-13-20(18(16)22)15-8-2-1-3-9-15/h1-3,8-9,14,16H,4-7,10-13H2,(H,19,21)/t16-/m1/s1. The number of amides is 2. The van der Waals surface area contributed by atoms with Gasteiger partial charge in [-0.05, 0) is 30.9 Å². The second kappa shape index (κ2) is 6.95. The maximum atomic E-state index is 12.4. The average molecular weight is 300 g/mol. The van der Waals surface area contributed by atoms with E-state index < -0.39 is 0 Å². The van der Waals surface area contributed by atoms with Crippen LogP contribution in [0.15, 0.2) is 30.3 Å². The molecule has 1 aromatic carbocycles. The highest BCUT2D eigenvalue weighted by molar-refractivity contribution is 6.01. The number of carbonyl (C=O) groups excluding carboxylic acids is 2. The normalized spacial score (nSPS) is 22.3. The summed E-state index contributed by atoms with van der Waals surface area (Å²) < 4.78 is 0. The Bertz CT molecular complexity index is 523. The molecule has 22 heavy (non-hydrogen) atoms. The molecule has 4 heteroatoms. The fourth-order valence-corrected chi connectivity index (χ4v) is 3.58. The van der Waals surface area contributed by atoms with Gasteiger partial charge in [0.25, 0.3) is 0 Å². The number of hydrogen-bond acceptors (Lipinski definition) is 2. The minimum absolute atomic E-state index is 0.0143. The van der Waals surface area contributed by atoms with Gasteiger partial charge in [0.1, 0.15) is 6.04 Å². The molecule has 0 unspecified atom stereocenters. The summed E-state index contributed by atoms with van der Waals surface area (Å²) in [6, 6.07) is 9.31. The highest BCUT2D eigenvalue weighted by Crippen LogP contribution is 2.28. The van der Waals surface area contributed by atoms with Gasteiger partial charge < -0.3 is 10.2 Å². The molecule has 118 valence electrons. The quantitative estimate of drug-likeness (QED) is 0.909. The highest BCUT2D eigenvalue weighted by Gasteiger charge is 2.33. The molecule has 0 radical (unpaired) electrons. The molecular weight excluding hydrogens is 276 g/mol. The molecule has 1 aliphatic heterocycles. The number of para-hydroxylation sites is 1. The lowest BCUT2D eigenvalue weighted by atomic mass is 10.0. The van der Waals surface area contributed by atoms with Crippen molar-refractivity contribution < 1.29 is 9.59 Å². The summed E-state index contributed by atoms with van der Waals surface area (Å²) in [6.07, 6.45) is 7.35. The Hall–Kier alpha value is -1.84. The van der Waals surface area contributed by atoms with Crippen LogP contribution in [-0.2, 0) is 9.59 Å². The molecule has 1 atom stereocenters. The first kappa shape index (κ1) is 15.1. The minimum Gasteiger partial charge on any atom is -0.344 e. The lowest BCUT2D eigenvalue weighted by Crippen LogP contribution is -2.41. The Balaban J connectivity index is 1.49. The maximum absolute atomic E-state index is 12.4. The molecule has 2 aliphatic rings. The first-order valence-electron chi connectivity index (χ1n) is 8.40. The summed E-state index contributed by atoms with van der Waals surface area (Å²) >= 11 is 0. The molecule has 0 spiro atoms. The van der Waals surface area contributed by atoms with Gasteiger partial charge in [0.2, 0.25) is 11.8 Å². The van der Waals surface area contributed by atoms with Crippen LogP contribution in [0, 0.1) is 5.92 Å². The molecule has 1 saturated carbocycles. The molecule has 2 amide bonds. The maximum Gasteiger partial charge on any atom is 0.249 e. The van der Waals surface area contributed by atoms with E-state index in [-0.39, 0.29) is 17.9 Å². The van der Waals surface area contributed by atoms with Gasteiger partial charge >= 0.3 is 0 Å². The molecule has 3 rings (SSSR count). The Morgan fingerprint density at radius 3 is 2.59 bits per heavy atom. The Labute approximate surface area is 131 Å². The molecule has 0 aromatic heterocycles. The van der Waals surface area contributed by atoms with Crippen LogP contribution in [0.4, 0.5) is 5.69 Å². The third-order valence-electron chi connectivity index (χ3n) is 4.86. The van der Waals surface area contributed by atoms with Gasteiger partial charge in [-0.3, -0.25) is 9.59 Å². The zero-order chi connectivity index (χ0) is 15.4. The number of nitrogens with zero attached hydrogens (tertiary/aromatic N) is 1. The summed E-state index contributed by atoms with van der Waals surface area (Å²) in [4.78, 5) is 26.2. The number of hydrogen-bond donors (Lipinski definition) is 1. The van der Waals surface area contributed by atoms with Crippen molar-refractivity contribution in [1.29, 1.82) is 0 Å². The van der Waals surface area contributed by atoms with Crippen molar-refractivity contribution in [3.63, 3.8) is 0 Å². The smallest absolute Gasteiger partial charge is 0.249 e. The molecule has 1 aliphatic carbocycles. The van der Waals surface area contributed by atoms with Crippen LogP contribution in [0.1, 0.15) is 44.9 Å². The van der Waals surface area contributed by atoms with E-state index in [2.05, 4.69) is 5.32 Å². The lowest BCUT2D eigenvalue weighted by Gasteiger charge is -2.17. The van der Waals surface area contributed by atoms with Crippen LogP contribution in [0.3, 0.4) is 0 Å². The lowest BCUT2D eigenvalue weighted by molar-refractivity contribution is -0.126. The summed E-state index contributed by atoms with van der Waals surface area (Å²) in [5.74, 6) is 0.756. The molecule has 1 aromatic rings. The van der Waals surface area contributed by atoms with Crippen molar-refractivity contribution in [3.8, 4) is 0 Å². The van der Waals surface area contributed by atoms with E-state index in [1.165, 1.54) is 25.7 Å². The monoisotopic (exact) mass is 300 g/mol. The van der Waals surface area contributed by atoms with Crippen molar-refractivity contribution in [3.05, 3.63) is 30.3 Å². The second-order valence-corrected chi connectivity index (χ2v) is 6.42. The third kappa shape index (κ3) is 3.49. The number of anilines is 1. The van der Waals surface area contributed by atoms with Crippen molar-refractivity contribution in [2.75, 3.05) is 11.4 Å². The zero-order valence-corrected chi connectivity index (χ0v) is 13.0. The topological polar surface area (TPSA) is 49.4 Å². The average Bonchev–Trinajstić information content (AvgIpc) is 3.17. The van der Waals surface area contributed by atoms with Gasteiger partial charge in [-0.15, -0.1) is 0 Å². The molecular formula is C18H24N2O2. The highest BCUT2D eigenvalue weighted by atomic mass is 16.2. The SMILES string of the molecule is O=C(CCC1CCCC1)N[C@@H]1CCN(c2ccccc2)C1=O.